The van der Waals surface area contributed by atoms with Crippen LogP contribution < -0.4 is 5.32 Å². The van der Waals surface area contributed by atoms with Crippen molar-refractivity contribution in [2.75, 3.05) is 6.54 Å². The zero-order chi connectivity index (χ0) is 8.39. The number of nitrogens with one attached hydrogen (secondary N) is 1. The molecule has 1 aromatic heterocycles. The van der Waals surface area contributed by atoms with Gasteiger partial charge in [0.15, 0.2) is 0 Å². The molecule has 2 nitrogen and oxygen atoms in total. The molecule has 2 rings (SSSR count). The van der Waals surface area contributed by atoms with Crippen LogP contribution in [0.1, 0.15) is 36.4 Å². The maximum absolute atomic E-state index is 4.37. The SMILES string of the molecule is CCNC1CCCc2ncsc21. The van der Waals surface area contributed by atoms with E-state index in [1.165, 1.54) is 29.8 Å². The summed E-state index contributed by atoms with van der Waals surface area (Å²) in [6, 6.07) is 0.589. The van der Waals surface area contributed by atoms with Crippen LogP contribution in [0.5, 0.6) is 0 Å². The van der Waals surface area contributed by atoms with Crippen molar-refractivity contribution < 1.29 is 0 Å². The molecule has 0 bridgehead atoms. The highest BCUT2D eigenvalue weighted by molar-refractivity contribution is 7.09. The van der Waals surface area contributed by atoms with Crippen LogP contribution in [0.3, 0.4) is 0 Å². The monoisotopic (exact) mass is 182 g/mol. The maximum Gasteiger partial charge on any atom is 0.0798 e. The van der Waals surface area contributed by atoms with Crippen LogP contribution in [-0.4, -0.2) is 11.5 Å². The Bertz CT molecular complexity index is 257. The Morgan fingerprint density at radius 3 is 3.50 bits per heavy atom. The summed E-state index contributed by atoms with van der Waals surface area (Å²) in [6.45, 7) is 3.22. The summed E-state index contributed by atoms with van der Waals surface area (Å²) < 4.78 is 0. The minimum atomic E-state index is 0.589. The number of thiazole rings is 1. The van der Waals surface area contributed by atoms with Crippen LogP contribution in [0, 0.1) is 0 Å². The molecular formula is C9H14N2S. The lowest BCUT2D eigenvalue weighted by Crippen LogP contribution is -2.23. The fraction of sp³-hybridized carbons (Fsp3) is 0.667. The first-order valence-electron chi connectivity index (χ1n) is 4.57. The van der Waals surface area contributed by atoms with E-state index in [4.69, 9.17) is 0 Å². The van der Waals surface area contributed by atoms with Crippen molar-refractivity contribution in [1.82, 2.24) is 10.3 Å². The van der Waals surface area contributed by atoms with Crippen LogP contribution in [-0.2, 0) is 6.42 Å². The van der Waals surface area contributed by atoms with Crippen molar-refractivity contribution in [3.8, 4) is 0 Å². The van der Waals surface area contributed by atoms with Crippen LogP contribution in [0.4, 0.5) is 0 Å². The molecule has 1 aliphatic carbocycles. The number of nitrogens with zero attached hydrogens (tertiary/aromatic N) is 1. The summed E-state index contributed by atoms with van der Waals surface area (Å²) in [4.78, 5) is 5.84. The van der Waals surface area contributed by atoms with Gasteiger partial charge in [0.2, 0.25) is 0 Å². The van der Waals surface area contributed by atoms with Crippen molar-refractivity contribution >= 4 is 11.3 Å². The van der Waals surface area contributed by atoms with Gasteiger partial charge in [0.25, 0.3) is 0 Å². The van der Waals surface area contributed by atoms with E-state index in [9.17, 15) is 0 Å². The summed E-state index contributed by atoms with van der Waals surface area (Å²) in [5, 5.41) is 3.50. The molecule has 1 heterocycles. The van der Waals surface area contributed by atoms with Crippen molar-refractivity contribution in [1.29, 1.82) is 0 Å². The Morgan fingerprint density at radius 2 is 2.67 bits per heavy atom. The largest absolute Gasteiger partial charge is 0.309 e. The topological polar surface area (TPSA) is 24.9 Å². The van der Waals surface area contributed by atoms with E-state index < -0.39 is 0 Å². The summed E-state index contributed by atoms with van der Waals surface area (Å²) in [7, 11) is 0. The standard InChI is InChI=1S/C9H14N2S/c1-2-10-7-4-3-5-8-9(7)12-6-11-8/h6-7,10H,2-5H2,1H3. The van der Waals surface area contributed by atoms with E-state index in [0.29, 0.717) is 6.04 Å². The van der Waals surface area contributed by atoms with Crippen molar-refractivity contribution in [2.45, 2.75) is 32.2 Å². The smallest absolute Gasteiger partial charge is 0.0798 e. The van der Waals surface area contributed by atoms with Gasteiger partial charge in [-0.25, -0.2) is 4.98 Å². The Kier molecular flexibility index (Phi) is 2.42. The van der Waals surface area contributed by atoms with Crippen molar-refractivity contribution in [2.24, 2.45) is 0 Å². The van der Waals surface area contributed by atoms with Crippen LogP contribution >= 0.6 is 11.3 Å². The Hall–Kier alpha value is -0.410. The quantitative estimate of drug-likeness (QED) is 0.758. The van der Waals surface area contributed by atoms with Gasteiger partial charge in [-0.2, -0.15) is 0 Å². The lowest BCUT2D eigenvalue weighted by molar-refractivity contribution is 0.476. The fourth-order valence-corrected chi connectivity index (χ4v) is 2.75. The second kappa shape index (κ2) is 3.54. The van der Waals surface area contributed by atoms with Crippen LogP contribution in [0.2, 0.25) is 0 Å². The molecule has 1 N–H and O–H groups in total. The maximum atomic E-state index is 4.37. The zero-order valence-electron chi connectivity index (χ0n) is 7.34. The van der Waals surface area contributed by atoms with Gasteiger partial charge in [0, 0.05) is 10.9 Å². The minimum absolute atomic E-state index is 0.589. The molecule has 3 heteroatoms. The summed E-state index contributed by atoms with van der Waals surface area (Å²) in [5.74, 6) is 0. The summed E-state index contributed by atoms with van der Waals surface area (Å²) >= 11 is 1.80. The highest BCUT2D eigenvalue weighted by Crippen LogP contribution is 2.31. The molecule has 0 aliphatic heterocycles. The first-order valence-corrected chi connectivity index (χ1v) is 5.45. The Balaban J connectivity index is 2.19. The van der Waals surface area contributed by atoms with Crippen molar-refractivity contribution in [3.05, 3.63) is 16.1 Å². The molecule has 1 unspecified atom stereocenters. The van der Waals surface area contributed by atoms with Gasteiger partial charge in [0.1, 0.15) is 0 Å². The second-order valence-electron chi connectivity index (χ2n) is 3.17. The van der Waals surface area contributed by atoms with E-state index in [1.807, 2.05) is 5.51 Å². The van der Waals surface area contributed by atoms with Gasteiger partial charge in [0.05, 0.1) is 11.2 Å². The number of aromatic nitrogens is 1. The molecule has 0 spiro atoms. The number of rotatable bonds is 2. The molecule has 12 heavy (non-hydrogen) atoms. The van der Waals surface area contributed by atoms with Gasteiger partial charge in [-0.1, -0.05) is 6.92 Å². The zero-order valence-corrected chi connectivity index (χ0v) is 8.16. The summed E-state index contributed by atoms with van der Waals surface area (Å²) in [6.07, 6.45) is 3.75. The van der Waals surface area contributed by atoms with Crippen LogP contribution in [0.15, 0.2) is 5.51 Å². The van der Waals surface area contributed by atoms with E-state index in [1.54, 1.807) is 11.3 Å². The molecular weight excluding hydrogens is 168 g/mol. The molecule has 1 aromatic rings. The number of aryl methyl sites for hydroxylation is 1. The molecule has 66 valence electrons. The second-order valence-corrected chi connectivity index (χ2v) is 4.05. The highest BCUT2D eigenvalue weighted by Gasteiger charge is 2.21. The predicted molar refractivity (Wildman–Crippen MR) is 51.5 cm³/mol. The third-order valence-corrected chi connectivity index (χ3v) is 3.33. The highest BCUT2D eigenvalue weighted by atomic mass is 32.1. The third-order valence-electron chi connectivity index (χ3n) is 2.35. The van der Waals surface area contributed by atoms with Gasteiger partial charge >= 0.3 is 0 Å². The van der Waals surface area contributed by atoms with E-state index >= 15 is 0 Å². The molecule has 1 atom stereocenters. The lowest BCUT2D eigenvalue weighted by Gasteiger charge is -2.21. The molecule has 0 radical (unpaired) electrons. The molecule has 1 aliphatic rings. The Labute approximate surface area is 77.0 Å². The first kappa shape index (κ1) is 8.20. The van der Waals surface area contributed by atoms with E-state index in [-0.39, 0.29) is 0 Å². The van der Waals surface area contributed by atoms with Crippen LogP contribution in [0.25, 0.3) is 0 Å². The Morgan fingerprint density at radius 1 is 1.75 bits per heavy atom. The van der Waals surface area contributed by atoms with Gasteiger partial charge in [-0.15, -0.1) is 11.3 Å². The average molecular weight is 182 g/mol. The summed E-state index contributed by atoms with van der Waals surface area (Å²) in [5.41, 5.74) is 3.30. The van der Waals surface area contributed by atoms with E-state index in [0.717, 1.165) is 6.54 Å². The predicted octanol–water partition coefficient (Wildman–Crippen LogP) is 2.13. The molecule has 0 amide bonds. The van der Waals surface area contributed by atoms with E-state index in [2.05, 4.69) is 17.2 Å². The molecule has 0 saturated carbocycles. The van der Waals surface area contributed by atoms with Gasteiger partial charge in [-0.05, 0) is 25.8 Å². The average Bonchev–Trinajstić information content (AvgIpc) is 2.53. The minimum Gasteiger partial charge on any atom is -0.309 e. The lowest BCUT2D eigenvalue weighted by atomic mass is 9.98. The first-order chi connectivity index (χ1) is 5.92. The number of hydrogen-bond donors (Lipinski definition) is 1. The van der Waals surface area contributed by atoms with Crippen molar-refractivity contribution in [3.63, 3.8) is 0 Å². The number of fused-ring (bicyclic) bond motifs is 1. The van der Waals surface area contributed by atoms with Gasteiger partial charge in [-0.3, -0.25) is 0 Å². The fourth-order valence-electron chi connectivity index (χ4n) is 1.80. The molecule has 0 fully saturated rings. The normalized spacial score (nSPS) is 22.2. The third kappa shape index (κ3) is 1.39. The molecule has 0 saturated heterocycles. The molecule has 0 aromatic carbocycles. The van der Waals surface area contributed by atoms with Gasteiger partial charge < -0.3 is 5.32 Å². The number of hydrogen-bond acceptors (Lipinski definition) is 3.